The van der Waals surface area contributed by atoms with Crippen LogP contribution in [-0.4, -0.2) is 44.7 Å². The molecule has 1 fully saturated rings. The normalized spacial score (nSPS) is 16.7. The summed E-state index contributed by atoms with van der Waals surface area (Å²) in [6.45, 7) is 5.06. The highest BCUT2D eigenvalue weighted by atomic mass is 32.1. The van der Waals surface area contributed by atoms with Crippen LogP contribution in [-0.2, 0) is 0 Å². The van der Waals surface area contributed by atoms with Crippen LogP contribution in [0.2, 0.25) is 0 Å². The molecule has 2 heterocycles. The molecule has 27 heavy (non-hydrogen) atoms. The van der Waals surface area contributed by atoms with Gasteiger partial charge in [-0.05, 0) is 55.4 Å². The third-order valence-corrected chi connectivity index (χ3v) is 6.17. The van der Waals surface area contributed by atoms with Crippen molar-refractivity contribution in [1.82, 2.24) is 10.2 Å². The number of nitrogens with one attached hydrogen (secondary N) is 1. The molecule has 0 saturated carbocycles. The standard InChI is InChI=1S/C21H28N2O3S/c1-15-6-8-23(9-7-15)19(20-5-4-10-27-20)14-22-21(24)16-11-17(25-2)13-18(12-16)26-3/h4-5,10-13,15,19H,6-9,14H2,1-3H3,(H,22,24). The number of piperidine rings is 1. The molecular weight excluding hydrogens is 360 g/mol. The molecule has 5 nitrogen and oxygen atoms in total. The number of methoxy groups -OCH3 is 2. The number of benzene rings is 1. The number of thiophene rings is 1. The minimum atomic E-state index is -0.112. The van der Waals surface area contributed by atoms with Crippen LogP contribution in [0.25, 0.3) is 0 Å². The Morgan fingerprint density at radius 3 is 2.44 bits per heavy atom. The number of amides is 1. The highest BCUT2D eigenvalue weighted by molar-refractivity contribution is 7.10. The Kier molecular flexibility index (Phi) is 6.74. The van der Waals surface area contributed by atoms with E-state index in [-0.39, 0.29) is 11.9 Å². The van der Waals surface area contributed by atoms with E-state index >= 15 is 0 Å². The second-order valence-corrected chi connectivity index (χ2v) is 8.04. The molecule has 1 atom stereocenters. The highest BCUT2D eigenvalue weighted by Crippen LogP contribution is 2.29. The number of carbonyl (C=O) groups excluding carboxylic acids is 1. The Bertz CT molecular complexity index is 718. The van der Waals surface area contributed by atoms with Crippen LogP contribution in [0, 0.1) is 5.92 Å². The molecule has 0 radical (unpaired) electrons. The van der Waals surface area contributed by atoms with Crippen molar-refractivity contribution in [1.29, 1.82) is 0 Å². The number of hydrogen-bond donors (Lipinski definition) is 1. The minimum absolute atomic E-state index is 0.112. The lowest BCUT2D eigenvalue weighted by Gasteiger charge is -2.36. The third-order valence-electron chi connectivity index (χ3n) is 5.20. The van der Waals surface area contributed by atoms with Gasteiger partial charge in [0, 0.05) is 23.1 Å². The van der Waals surface area contributed by atoms with Gasteiger partial charge in [0.05, 0.1) is 20.3 Å². The lowest BCUT2D eigenvalue weighted by molar-refractivity contribution is 0.0914. The van der Waals surface area contributed by atoms with Gasteiger partial charge >= 0.3 is 0 Å². The summed E-state index contributed by atoms with van der Waals surface area (Å²) in [7, 11) is 3.17. The molecule has 3 rings (SSSR count). The predicted molar refractivity (Wildman–Crippen MR) is 109 cm³/mol. The van der Waals surface area contributed by atoms with Gasteiger partial charge in [0.25, 0.3) is 5.91 Å². The fourth-order valence-electron chi connectivity index (χ4n) is 3.46. The molecular formula is C21H28N2O3S. The zero-order valence-corrected chi connectivity index (χ0v) is 17.1. The van der Waals surface area contributed by atoms with Crippen molar-refractivity contribution >= 4 is 17.2 Å². The van der Waals surface area contributed by atoms with Crippen molar-refractivity contribution in [2.24, 2.45) is 5.92 Å². The van der Waals surface area contributed by atoms with Gasteiger partial charge in [-0.3, -0.25) is 9.69 Å². The molecule has 1 N–H and O–H groups in total. The quantitative estimate of drug-likeness (QED) is 0.780. The fraction of sp³-hybridized carbons (Fsp3) is 0.476. The van der Waals surface area contributed by atoms with Crippen molar-refractivity contribution < 1.29 is 14.3 Å². The summed E-state index contributed by atoms with van der Waals surface area (Å²) < 4.78 is 10.5. The number of likely N-dealkylation sites (tertiary alicyclic amines) is 1. The SMILES string of the molecule is COc1cc(OC)cc(C(=O)NCC(c2cccs2)N2CCC(C)CC2)c1. The Hall–Kier alpha value is -2.05. The molecule has 1 unspecified atom stereocenters. The Morgan fingerprint density at radius 1 is 1.22 bits per heavy atom. The fourth-order valence-corrected chi connectivity index (χ4v) is 4.32. The maximum Gasteiger partial charge on any atom is 0.251 e. The van der Waals surface area contributed by atoms with Gasteiger partial charge in [0.15, 0.2) is 0 Å². The van der Waals surface area contributed by atoms with E-state index in [0.29, 0.717) is 23.6 Å². The van der Waals surface area contributed by atoms with Crippen molar-refractivity contribution in [2.45, 2.75) is 25.8 Å². The average Bonchev–Trinajstić information content (AvgIpc) is 3.23. The first-order valence-corrected chi connectivity index (χ1v) is 10.3. The van der Waals surface area contributed by atoms with E-state index in [1.165, 1.54) is 17.7 Å². The van der Waals surface area contributed by atoms with Crippen LogP contribution < -0.4 is 14.8 Å². The summed E-state index contributed by atoms with van der Waals surface area (Å²) in [5, 5.41) is 5.21. The summed E-state index contributed by atoms with van der Waals surface area (Å²) >= 11 is 1.75. The number of carbonyl (C=O) groups is 1. The molecule has 1 aromatic heterocycles. The molecule has 1 aliphatic rings. The van der Waals surface area contributed by atoms with Gasteiger partial charge in [-0.2, -0.15) is 0 Å². The third kappa shape index (κ3) is 5.02. The molecule has 1 aliphatic heterocycles. The van der Waals surface area contributed by atoms with E-state index in [4.69, 9.17) is 9.47 Å². The van der Waals surface area contributed by atoms with Gasteiger partial charge in [0.1, 0.15) is 11.5 Å². The van der Waals surface area contributed by atoms with Crippen molar-refractivity contribution in [3.63, 3.8) is 0 Å². The maximum absolute atomic E-state index is 12.8. The Balaban J connectivity index is 1.71. The van der Waals surface area contributed by atoms with Crippen LogP contribution in [0.4, 0.5) is 0 Å². The molecule has 1 amide bonds. The van der Waals surface area contributed by atoms with E-state index < -0.39 is 0 Å². The van der Waals surface area contributed by atoms with Gasteiger partial charge in [-0.25, -0.2) is 0 Å². The minimum Gasteiger partial charge on any atom is -0.497 e. The highest BCUT2D eigenvalue weighted by Gasteiger charge is 2.26. The molecule has 6 heteroatoms. The van der Waals surface area contributed by atoms with Crippen molar-refractivity contribution in [3.05, 3.63) is 46.2 Å². The monoisotopic (exact) mass is 388 g/mol. The van der Waals surface area contributed by atoms with Gasteiger partial charge in [0.2, 0.25) is 0 Å². The van der Waals surface area contributed by atoms with E-state index in [1.54, 1.807) is 43.8 Å². The smallest absolute Gasteiger partial charge is 0.251 e. The first-order valence-electron chi connectivity index (χ1n) is 9.39. The summed E-state index contributed by atoms with van der Waals surface area (Å²) in [5.41, 5.74) is 0.545. The largest absolute Gasteiger partial charge is 0.497 e. The lowest BCUT2D eigenvalue weighted by atomic mass is 9.97. The first-order chi connectivity index (χ1) is 13.1. The van der Waals surface area contributed by atoms with Gasteiger partial charge < -0.3 is 14.8 Å². The number of rotatable bonds is 7. The predicted octanol–water partition coefficient (Wildman–Crippen LogP) is 3.97. The average molecular weight is 389 g/mol. The van der Waals surface area contributed by atoms with Gasteiger partial charge in [-0.1, -0.05) is 13.0 Å². The molecule has 1 saturated heterocycles. The summed E-state index contributed by atoms with van der Waals surface area (Å²) in [6, 6.07) is 9.69. The molecule has 1 aromatic carbocycles. The summed E-state index contributed by atoms with van der Waals surface area (Å²) in [5.74, 6) is 1.89. The first kappa shape index (κ1) is 19.7. The lowest BCUT2D eigenvalue weighted by Crippen LogP contribution is -2.41. The van der Waals surface area contributed by atoms with E-state index in [2.05, 4.69) is 34.7 Å². The molecule has 0 spiro atoms. The van der Waals surface area contributed by atoms with Crippen LogP contribution in [0.5, 0.6) is 11.5 Å². The zero-order chi connectivity index (χ0) is 19.2. The zero-order valence-electron chi connectivity index (χ0n) is 16.2. The maximum atomic E-state index is 12.8. The molecule has 146 valence electrons. The van der Waals surface area contributed by atoms with E-state index in [1.807, 2.05) is 0 Å². The Labute approximate surface area is 165 Å². The topological polar surface area (TPSA) is 50.8 Å². The molecule has 0 bridgehead atoms. The summed E-state index contributed by atoms with van der Waals surface area (Å²) in [6.07, 6.45) is 2.42. The van der Waals surface area contributed by atoms with Crippen LogP contribution >= 0.6 is 11.3 Å². The van der Waals surface area contributed by atoms with Crippen molar-refractivity contribution in [2.75, 3.05) is 33.9 Å². The van der Waals surface area contributed by atoms with E-state index in [0.717, 1.165) is 19.0 Å². The van der Waals surface area contributed by atoms with Crippen molar-refractivity contribution in [3.8, 4) is 11.5 Å². The molecule has 2 aromatic rings. The second kappa shape index (κ2) is 9.24. The van der Waals surface area contributed by atoms with Crippen LogP contribution in [0.3, 0.4) is 0 Å². The summed E-state index contributed by atoms with van der Waals surface area (Å²) in [4.78, 5) is 16.5. The van der Waals surface area contributed by atoms with Gasteiger partial charge in [-0.15, -0.1) is 11.3 Å². The number of hydrogen-bond acceptors (Lipinski definition) is 5. The molecule has 0 aliphatic carbocycles. The number of ether oxygens (including phenoxy) is 2. The number of nitrogens with zero attached hydrogens (tertiary/aromatic N) is 1. The van der Waals surface area contributed by atoms with Crippen LogP contribution in [0.15, 0.2) is 35.7 Å². The van der Waals surface area contributed by atoms with E-state index in [9.17, 15) is 4.79 Å². The van der Waals surface area contributed by atoms with Crippen LogP contribution in [0.1, 0.15) is 41.0 Å². The second-order valence-electron chi connectivity index (χ2n) is 7.06. The Morgan fingerprint density at radius 2 is 1.89 bits per heavy atom.